The van der Waals surface area contributed by atoms with E-state index in [0.717, 1.165) is 0 Å². The van der Waals surface area contributed by atoms with Crippen LogP contribution in [-0.4, -0.2) is 42.3 Å². The average molecular weight is 320 g/mol. The number of aryl methyl sites for hydroxylation is 1. The molecule has 7 heteroatoms. The van der Waals surface area contributed by atoms with E-state index in [0.29, 0.717) is 17.1 Å². The molecule has 0 N–H and O–H groups in total. The number of hydrogen-bond donors (Lipinski definition) is 0. The summed E-state index contributed by atoms with van der Waals surface area (Å²) in [6.07, 6.45) is 3.07. The quantitative estimate of drug-likeness (QED) is 0.839. The number of amides is 1. The van der Waals surface area contributed by atoms with Crippen LogP contribution in [0.5, 0.6) is 0 Å². The first-order valence-electron chi connectivity index (χ1n) is 6.94. The zero-order valence-electron chi connectivity index (χ0n) is 12.1. The normalized spacial score (nSPS) is 20.8. The molecule has 1 aliphatic heterocycles. The zero-order valence-corrected chi connectivity index (χ0v) is 12.9. The molecule has 1 aliphatic rings. The van der Waals surface area contributed by atoms with Gasteiger partial charge in [-0.1, -0.05) is 0 Å². The first-order chi connectivity index (χ1) is 10.5. The highest BCUT2D eigenvalue weighted by Gasteiger charge is 2.37. The Bertz CT molecular complexity index is 783. The Morgan fingerprint density at radius 1 is 1.36 bits per heavy atom. The van der Waals surface area contributed by atoms with E-state index in [9.17, 15) is 13.2 Å². The molecular formula is C15H16N2O4S. The Labute approximate surface area is 128 Å². The van der Waals surface area contributed by atoms with Gasteiger partial charge in [0.2, 0.25) is 0 Å². The van der Waals surface area contributed by atoms with Crippen LogP contribution in [0, 0.1) is 6.92 Å². The zero-order chi connectivity index (χ0) is 15.7. The molecule has 116 valence electrons. The Hall–Kier alpha value is -2.15. The molecule has 6 nitrogen and oxygen atoms in total. The van der Waals surface area contributed by atoms with Gasteiger partial charge in [-0.05, 0) is 31.2 Å². The van der Waals surface area contributed by atoms with Crippen LogP contribution in [-0.2, 0) is 9.84 Å². The Kier molecular flexibility index (Phi) is 3.74. The molecule has 1 fully saturated rings. The topological polar surface area (TPSA) is 80.5 Å². The third-order valence-electron chi connectivity index (χ3n) is 3.69. The van der Waals surface area contributed by atoms with E-state index in [1.165, 1.54) is 6.20 Å². The second-order valence-electron chi connectivity index (χ2n) is 5.32. The maximum atomic E-state index is 12.7. The third-order valence-corrected chi connectivity index (χ3v) is 5.32. The number of carbonyl (C=O) groups excluding carboxylic acids is 1. The summed E-state index contributed by atoms with van der Waals surface area (Å²) in [5.41, 5.74) is 0.440. The highest BCUT2D eigenvalue weighted by Crippen LogP contribution is 2.29. The fraction of sp³-hybridized carbons (Fsp3) is 0.333. The van der Waals surface area contributed by atoms with Gasteiger partial charge in [0.1, 0.15) is 17.6 Å². The number of hydrogen-bond acceptors (Lipinski definition) is 5. The molecule has 0 aromatic carbocycles. The standard InChI is InChI=1S/C15H16N2O4S/c1-11-4-5-14(21-11)13-10-22(19,20)8-7-17(13)15(18)12-3-2-6-16-9-12/h2-6,9,13H,7-8,10H2,1H3/t13-/m0/s1. The Balaban J connectivity index is 1.96. The molecule has 0 bridgehead atoms. The van der Waals surface area contributed by atoms with Crippen molar-refractivity contribution in [1.82, 2.24) is 9.88 Å². The van der Waals surface area contributed by atoms with Crippen LogP contribution in [0.15, 0.2) is 41.1 Å². The molecule has 3 heterocycles. The van der Waals surface area contributed by atoms with E-state index >= 15 is 0 Å². The van der Waals surface area contributed by atoms with Crippen LogP contribution < -0.4 is 0 Å². The lowest BCUT2D eigenvalue weighted by Gasteiger charge is -2.34. The summed E-state index contributed by atoms with van der Waals surface area (Å²) in [4.78, 5) is 18.1. The van der Waals surface area contributed by atoms with Crippen LogP contribution >= 0.6 is 0 Å². The van der Waals surface area contributed by atoms with Crippen LogP contribution in [0.3, 0.4) is 0 Å². The van der Waals surface area contributed by atoms with E-state index in [1.807, 2.05) is 0 Å². The van der Waals surface area contributed by atoms with Crippen molar-refractivity contribution in [3.63, 3.8) is 0 Å². The molecule has 1 amide bonds. The monoisotopic (exact) mass is 320 g/mol. The van der Waals surface area contributed by atoms with Gasteiger partial charge in [-0.15, -0.1) is 0 Å². The van der Waals surface area contributed by atoms with Crippen molar-refractivity contribution in [3.8, 4) is 0 Å². The second kappa shape index (κ2) is 5.57. The van der Waals surface area contributed by atoms with Gasteiger partial charge in [-0.2, -0.15) is 0 Å². The largest absolute Gasteiger partial charge is 0.464 e. The average Bonchev–Trinajstić information content (AvgIpc) is 2.93. The van der Waals surface area contributed by atoms with Crippen LogP contribution in [0.4, 0.5) is 0 Å². The maximum Gasteiger partial charge on any atom is 0.256 e. The minimum Gasteiger partial charge on any atom is -0.464 e. The number of aromatic nitrogens is 1. The lowest BCUT2D eigenvalue weighted by molar-refractivity contribution is 0.0676. The number of rotatable bonds is 2. The van der Waals surface area contributed by atoms with Crippen molar-refractivity contribution in [3.05, 3.63) is 53.7 Å². The van der Waals surface area contributed by atoms with Crippen molar-refractivity contribution in [2.75, 3.05) is 18.1 Å². The van der Waals surface area contributed by atoms with Gasteiger partial charge in [0.15, 0.2) is 9.84 Å². The van der Waals surface area contributed by atoms with Crippen molar-refractivity contribution in [1.29, 1.82) is 0 Å². The molecule has 0 aliphatic carbocycles. The van der Waals surface area contributed by atoms with Crippen LogP contribution in [0.2, 0.25) is 0 Å². The van der Waals surface area contributed by atoms with Gasteiger partial charge in [0.05, 0.1) is 17.1 Å². The number of nitrogens with zero attached hydrogens (tertiary/aromatic N) is 2. The fourth-order valence-electron chi connectivity index (χ4n) is 2.57. The predicted octanol–water partition coefficient (Wildman–Crippen LogP) is 1.59. The molecule has 0 unspecified atom stereocenters. The van der Waals surface area contributed by atoms with Gasteiger partial charge in [0.25, 0.3) is 5.91 Å². The van der Waals surface area contributed by atoms with E-state index < -0.39 is 15.9 Å². The molecule has 22 heavy (non-hydrogen) atoms. The van der Waals surface area contributed by atoms with Crippen molar-refractivity contribution in [2.45, 2.75) is 13.0 Å². The first kappa shape index (κ1) is 14.8. The highest BCUT2D eigenvalue weighted by atomic mass is 32.2. The van der Waals surface area contributed by atoms with E-state index in [2.05, 4.69) is 4.98 Å². The molecular weight excluding hydrogens is 304 g/mol. The van der Waals surface area contributed by atoms with Gasteiger partial charge in [-0.3, -0.25) is 9.78 Å². The van der Waals surface area contributed by atoms with Crippen molar-refractivity contribution in [2.24, 2.45) is 0 Å². The van der Waals surface area contributed by atoms with E-state index in [-0.39, 0.29) is 24.0 Å². The van der Waals surface area contributed by atoms with E-state index in [4.69, 9.17) is 4.42 Å². The molecule has 0 spiro atoms. The Morgan fingerprint density at radius 3 is 2.82 bits per heavy atom. The molecule has 0 radical (unpaired) electrons. The Morgan fingerprint density at radius 2 is 2.18 bits per heavy atom. The lowest BCUT2D eigenvalue weighted by atomic mass is 10.1. The summed E-state index contributed by atoms with van der Waals surface area (Å²) >= 11 is 0. The molecule has 3 rings (SSSR count). The van der Waals surface area contributed by atoms with E-state index in [1.54, 1.807) is 42.3 Å². The summed E-state index contributed by atoms with van der Waals surface area (Å²) in [7, 11) is -3.19. The molecule has 0 saturated carbocycles. The molecule has 2 aromatic rings. The van der Waals surface area contributed by atoms with Gasteiger partial charge < -0.3 is 9.32 Å². The summed E-state index contributed by atoms with van der Waals surface area (Å²) in [5.74, 6) is 0.799. The summed E-state index contributed by atoms with van der Waals surface area (Å²) in [5, 5.41) is 0. The third kappa shape index (κ3) is 2.89. The van der Waals surface area contributed by atoms with Gasteiger partial charge >= 0.3 is 0 Å². The SMILES string of the molecule is Cc1ccc([C@@H]2CS(=O)(=O)CCN2C(=O)c2cccnc2)o1. The summed E-state index contributed by atoms with van der Waals surface area (Å²) < 4.78 is 29.5. The minimum absolute atomic E-state index is 0.0325. The number of pyridine rings is 1. The fourth-order valence-corrected chi connectivity index (χ4v) is 4.04. The first-order valence-corrected chi connectivity index (χ1v) is 8.76. The lowest BCUT2D eigenvalue weighted by Crippen LogP contribution is -2.46. The second-order valence-corrected chi connectivity index (χ2v) is 7.55. The number of furan rings is 1. The number of carbonyl (C=O) groups is 1. The van der Waals surface area contributed by atoms with Crippen LogP contribution in [0.1, 0.15) is 27.9 Å². The molecule has 2 aromatic heterocycles. The minimum atomic E-state index is -3.19. The van der Waals surface area contributed by atoms with Crippen LogP contribution in [0.25, 0.3) is 0 Å². The summed E-state index contributed by atoms with van der Waals surface area (Å²) in [6, 6.07) is 6.25. The summed E-state index contributed by atoms with van der Waals surface area (Å²) in [6.45, 7) is 1.94. The smallest absolute Gasteiger partial charge is 0.256 e. The van der Waals surface area contributed by atoms with Crippen molar-refractivity contribution >= 4 is 15.7 Å². The maximum absolute atomic E-state index is 12.7. The molecule has 1 saturated heterocycles. The number of sulfone groups is 1. The van der Waals surface area contributed by atoms with Gasteiger partial charge in [-0.25, -0.2) is 8.42 Å². The predicted molar refractivity (Wildman–Crippen MR) is 80.1 cm³/mol. The van der Waals surface area contributed by atoms with Gasteiger partial charge in [0, 0.05) is 18.9 Å². The molecule has 1 atom stereocenters. The van der Waals surface area contributed by atoms with Crippen molar-refractivity contribution < 1.29 is 17.6 Å². The highest BCUT2D eigenvalue weighted by molar-refractivity contribution is 7.91.